The Morgan fingerprint density at radius 2 is 1.62 bits per heavy atom. The molecule has 2 heterocycles. The summed E-state index contributed by atoms with van der Waals surface area (Å²) in [7, 11) is 0. The van der Waals surface area contributed by atoms with Crippen molar-refractivity contribution in [3.8, 4) is 11.5 Å². The van der Waals surface area contributed by atoms with Crippen LogP contribution in [-0.4, -0.2) is 23.6 Å². The molecule has 0 unspecified atom stereocenters. The molecule has 3 nitrogen and oxygen atoms in total. The van der Waals surface area contributed by atoms with Gasteiger partial charge in [0.15, 0.2) is 29.7 Å². The van der Waals surface area contributed by atoms with Crippen LogP contribution < -0.4 is 9.47 Å². The van der Waals surface area contributed by atoms with Crippen molar-refractivity contribution in [1.82, 2.24) is 0 Å². The Labute approximate surface area is 165 Å². The number of fused-ring (bicyclic) bond motifs is 2. The van der Waals surface area contributed by atoms with Crippen LogP contribution in [0.25, 0.3) is 0 Å². The third kappa shape index (κ3) is 3.14. The number of ether oxygens (including phenoxy) is 2. The van der Waals surface area contributed by atoms with Crippen molar-refractivity contribution >= 4 is 5.71 Å². The van der Waals surface area contributed by atoms with E-state index in [-0.39, 0.29) is 12.6 Å². The Morgan fingerprint density at radius 3 is 2.41 bits per heavy atom. The van der Waals surface area contributed by atoms with Gasteiger partial charge in [0, 0.05) is 12.0 Å². The van der Waals surface area contributed by atoms with E-state index >= 15 is 0 Å². The fourth-order valence-corrected chi connectivity index (χ4v) is 3.92. The second-order valence-electron chi connectivity index (χ2n) is 7.10. The van der Waals surface area contributed by atoms with Crippen molar-refractivity contribution in [2.75, 3.05) is 13.3 Å². The Bertz CT molecular complexity index is 1160. The minimum atomic E-state index is -0.922. The van der Waals surface area contributed by atoms with E-state index in [0.29, 0.717) is 47.8 Å². The van der Waals surface area contributed by atoms with Crippen molar-refractivity contribution in [1.29, 1.82) is 0 Å². The van der Waals surface area contributed by atoms with Crippen LogP contribution in [-0.2, 0) is 13.0 Å². The molecule has 5 rings (SSSR count). The lowest BCUT2D eigenvalue weighted by Crippen LogP contribution is -2.31. The highest BCUT2D eigenvalue weighted by molar-refractivity contribution is 6.11. The lowest BCUT2D eigenvalue weighted by Gasteiger charge is -2.20. The highest BCUT2D eigenvalue weighted by Gasteiger charge is 2.31. The van der Waals surface area contributed by atoms with Crippen LogP contribution in [0.1, 0.15) is 22.3 Å². The molecule has 0 atom stereocenters. The molecule has 0 aromatic heterocycles. The van der Waals surface area contributed by atoms with Crippen LogP contribution >= 0.6 is 0 Å². The summed E-state index contributed by atoms with van der Waals surface area (Å²) in [5.41, 5.74) is 3.66. The van der Waals surface area contributed by atoms with Gasteiger partial charge in [0.2, 0.25) is 12.5 Å². The average Bonchev–Trinajstić information content (AvgIpc) is 3.17. The molecule has 0 aliphatic carbocycles. The highest BCUT2D eigenvalue weighted by Crippen LogP contribution is 2.37. The molecule has 2 aliphatic heterocycles. The summed E-state index contributed by atoms with van der Waals surface area (Å²) in [5.74, 6) is -0.841. The summed E-state index contributed by atoms with van der Waals surface area (Å²) in [5, 5.41) is 0. The molecule has 0 radical (unpaired) electrons. The van der Waals surface area contributed by atoms with Crippen LogP contribution in [0.4, 0.5) is 13.2 Å². The van der Waals surface area contributed by atoms with Gasteiger partial charge >= 0.3 is 0 Å². The number of halogens is 3. The van der Waals surface area contributed by atoms with Crippen LogP contribution in [0.15, 0.2) is 54.6 Å². The van der Waals surface area contributed by atoms with E-state index in [1.165, 1.54) is 12.1 Å². The number of hydrogen-bond acceptors (Lipinski definition) is 2. The van der Waals surface area contributed by atoms with Crippen molar-refractivity contribution in [3.05, 3.63) is 94.3 Å². The van der Waals surface area contributed by atoms with Crippen molar-refractivity contribution < 1.29 is 27.2 Å². The summed E-state index contributed by atoms with van der Waals surface area (Å²) >= 11 is 0. The monoisotopic (exact) mass is 396 g/mol. The number of benzene rings is 3. The molecule has 0 amide bonds. The highest BCUT2D eigenvalue weighted by atomic mass is 19.2. The Kier molecular flexibility index (Phi) is 4.27. The van der Waals surface area contributed by atoms with E-state index in [0.717, 1.165) is 17.2 Å². The minimum Gasteiger partial charge on any atom is -0.454 e. The molecule has 0 spiro atoms. The molecule has 146 valence electrons. The molecule has 0 fully saturated rings. The van der Waals surface area contributed by atoms with Gasteiger partial charge in [-0.25, -0.2) is 17.7 Å². The zero-order valence-electron chi connectivity index (χ0n) is 15.4. The molecular formula is C23H17F3NO2+. The molecule has 2 aliphatic rings. The Hall–Kier alpha value is -3.28. The van der Waals surface area contributed by atoms with Gasteiger partial charge in [-0.2, -0.15) is 0 Å². The number of hydrogen-bond donors (Lipinski definition) is 0. The minimum absolute atomic E-state index is 0.150. The lowest BCUT2D eigenvalue weighted by molar-refractivity contribution is -0.544. The molecule has 3 aromatic carbocycles. The van der Waals surface area contributed by atoms with Gasteiger partial charge in [0.25, 0.3) is 0 Å². The second-order valence-corrected chi connectivity index (χ2v) is 7.10. The van der Waals surface area contributed by atoms with E-state index in [2.05, 4.69) is 0 Å². The van der Waals surface area contributed by atoms with Gasteiger partial charge in [-0.15, -0.1) is 0 Å². The van der Waals surface area contributed by atoms with Crippen LogP contribution in [0.3, 0.4) is 0 Å². The summed E-state index contributed by atoms with van der Waals surface area (Å²) in [6.07, 6.45) is 0.716. The molecule has 29 heavy (non-hydrogen) atoms. The van der Waals surface area contributed by atoms with E-state index in [9.17, 15) is 13.2 Å². The quantitative estimate of drug-likeness (QED) is 0.611. The first-order chi connectivity index (χ1) is 14.1. The predicted octanol–water partition coefficient (Wildman–Crippen LogP) is 4.44. The lowest BCUT2D eigenvalue weighted by atomic mass is 9.91. The summed E-state index contributed by atoms with van der Waals surface area (Å²) in [6, 6.07) is 14.2. The van der Waals surface area contributed by atoms with Gasteiger partial charge in [-0.05, 0) is 48.0 Å². The van der Waals surface area contributed by atoms with E-state index in [1.807, 2.05) is 16.7 Å². The third-order valence-electron chi connectivity index (χ3n) is 5.33. The number of rotatable bonds is 3. The fraction of sp³-hybridized carbons (Fsp3) is 0.174. The zero-order chi connectivity index (χ0) is 20.0. The zero-order valence-corrected chi connectivity index (χ0v) is 15.4. The first kappa shape index (κ1) is 17.8. The molecule has 6 heteroatoms. The van der Waals surface area contributed by atoms with Crippen molar-refractivity contribution in [3.63, 3.8) is 0 Å². The molecule has 3 aromatic rings. The maximum atomic E-state index is 14.3. The maximum Gasteiger partial charge on any atom is 0.231 e. The van der Waals surface area contributed by atoms with Gasteiger partial charge < -0.3 is 9.47 Å². The Balaban J connectivity index is 1.70. The maximum absolute atomic E-state index is 14.3. The smallest absolute Gasteiger partial charge is 0.231 e. The molecule has 0 saturated carbocycles. The van der Waals surface area contributed by atoms with Crippen LogP contribution in [0, 0.1) is 17.5 Å². The molecular weight excluding hydrogens is 379 g/mol. The second kappa shape index (κ2) is 6.95. The third-order valence-corrected chi connectivity index (χ3v) is 5.33. The summed E-state index contributed by atoms with van der Waals surface area (Å²) in [4.78, 5) is 0. The molecule has 0 N–H and O–H groups in total. The van der Waals surface area contributed by atoms with Crippen LogP contribution in [0.2, 0.25) is 0 Å². The van der Waals surface area contributed by atoms with Gasteiger partial charge in [-0.3, -0.25) is 0 Å². The van der Waals surface area contributed by atoms with Crippen LogP contribution in [0.5, 0.6) is 11.5 Å². The topological polar surface area (TPSA) is 21.5 Å². The largest absolute Gasteiger partial charge is 0.454 e. The van der Waals surface area contributed by atoms with Gasteiger partial charge in [-0.1, -0.05) is 12.1 Å². The first-order valence-electron chi connectivity index (χ1n) is 9.34. The first-order valence-corrected chi connectivity index (χ1v) is 9.34. The Morgan fingerprint density at radius 1 is 0.828 bits per heavy atom. The van der Waals surface area contributed by atoms with E-state index in [1.54, 1.807) is 24.3 Å². The molecule has 0 bridgehead atoms. The summed E-state index contributed by atoms with van der Waals surface area (Å²) < 4.78 is 54.9. The van der Waals surface area contributed by atoms with E-state index < -0.39 is 11.6 Å². The predicted molar refractivity (Wildman–Crippen MR) is 101 cm³/mol. The summed E-state index contributed by atoms with van der Waals surface area (Å²) in [6.45, 7) is 1.07. The molecule has 0 saturated heterocycles. The van der Waals surface area contributed by atoms with Crippen molar-refractivity contribution in [2.24, 2.45) is 0 Å². The number of nitrogens with zero attached hydrogens (tertiary/aromatic N) is 1. The average molecular weight is 396 g/mol. The SMILES string of the molecule is Fc1ccc(C2=[N+](Cc3ccccc3F)CCc3cc4c(cc32)OCO4)cc1F. The normalized spacial score (nSPS) is 14.9. The standard InChI is InChI=1S/C23H17F3NO2/c24-18-4-2-1-3-16(18)12-27-8-7-14-10-21-22(29-13-28-21)11-17(14)23(27)15-5-6-19(25)20(26)9-15/h1-6,9-11H,7-8,12-13H2/q+1. The fourth-order valence-electron chi connectivity index (χ4n) is 3.92. The van der Waals surface area contributed by atoms with E-state index in [4.69, 9.17) is 9.47 Å². The van der Waals surface area contributed by atoms with Crippen molar-refractivity contribution in [2.45, 2.75) is 13.0 Å². The van der Waals surface area contributed by atoms with Gasteiger partial charge in [0.1, 0.15) is 12.4 Å². The van der Waals surface area contributed by atoms with Gasteiger partial charge in [0.05, 0.1) is 11.1 Å².